The number of aromatic nitrogens is 2. The summed E-state index contributed by atoms with van der Waals surface area (Å²) in [6.07, 6.45) is 1.88. The molecule has 0 aliphatic carbocycles. The molecule has 0 saturated carbocycles. The van der Waals surface area contributed by atoms with Crippen LogP contribution in [0.5, 0.6) is 11.5 Å². The van der Waals surface area contributed by atoms with E-state index in [0.29, 0.717) is 28.9 Å². The molecular weight excluding hydrogens is 380 g/mol. The van der Waals surface area contributed by atoms with Crippen molar-refractivity contribution in [3.05, 3.63) is 54.2 Å². The Morgan fingerprint density at radius 2 is 1.60 bits per heavy atom. The summed E-state index contributed by atoms with van der Waals surface area (Å²) in [5.74, 6) is 2.64. The Labute approximate surface area is 175 Å². The standard InChI is InChI=1S/C23H24N4O3/c1-29-19-8-5-9-20(30-2)21(19)22(28)26-11-16-13-27(14-17(16)12-26)23-24-10-15-6-3-4-7-18(15)25-23/h3-10,16-17H,11-14H2,1-2H3. The van der Waals surface area contributed by atoms with Crippen molar-refractivity contribution in [3.8, 4) is 11.5 Å². The number of amides is 1. The van der Waals surface area contributed by atoms with Crippen LogP contribution >= 0.6 is 0 Å². The molecule has 30 heavy (non-hydrogen) atoms. The number of likely N-dealkylation sites (tertiary alicyclic amines) is 1. The summed E-state index contributed by atoms with van der Waals surface area (Å²) in [7, 11) is 3.15. The number of hydrogen-bond acceptors (Lipinski definition) is 6. The van der Waals surface area contributed by atoms with Crippen molar-refractivity contribution in [2.24, 2.45) is 11.8 Å². The lowest BCUT2D eigenvalue weighted by Gasteiger charge is -2.23. The molecule has 0 N–H and O–H groups in total. The first kappa shape index (κ1) is 18.7. The van der Waals surface area contributed by atoms with E-state index >= 15 is 0 Å². The number of hydrogen-bond donors (Lipinski definition) is 0. The maximum atomic E-state index is 13.3. The van der Waals surface area contributed by atoms with E-state index in [1.165, 1.54) is 0 Å². The second-order valence-electron chi connectivity index (χ2n) is 7.90. The summed E-state index contributed by atoms with van der Waals surface area (Å²) in [5, 5.41) is 1.04. The molecule has 2 fully saturated rings. The highest BCUT2D eigenvalue weighted by atomic mass is 16.5. The van der Waals surface area contributed by atoms with Crippen molar-refractivity contribution >= 4 is 22.8 Å². The summed E-state index contributed by atoms with van der Waals surface area (Å²) in [5.41, 5.74) is 1.46. The molecule has 0 bridgehead atoms. The second-order valence-corrected chi connectivity index (χ2v) is 7.90. The fourth-order valence-electron chi connectivity index (χ4n) is 4.66. The molecule has 2 aromatic carbocycles. The topological polar surface area (TPSA) is 67.8 Å². The van der Waals surface area contributed by atoms with Crippen LogP contribution < -0.4 is 14.4 Å². The highest BCUT2D eigenvalue weighted by molar-refractivity contribution is 6.00. The van der Waals surface area contributed by atoms with Crippen LogP contribution in [0.2, 0.25) is 0 Å². The van der Waals surface area contributed by atoms with Crippen LogP contribution in [0.25, 0.3) is 10.9 Å². The minimum absolute atomic E-state index is 0.0350. The van der Waals surface area contributed by atoms with Gasteiger partial charge >= 0.3 is 0 Å². The Kier molecular flexibility index (Phi) is 4.65. The molecule has 0 radical (unpaired) electrons. The minimum atomic E-state index is -0.0350. The van der Waals surface area contributed by atoms with Crippen molar-refractivity contribution in [2.45, 2.75) is 0 Å². The number of benzene rings is 2. The Morgan fingerprint density at radius 1 is 0.933 bits per heavy atom. The number of para-hydroxylation sites is 1. The number of ether oxygens (including phenoxy) is 2. The van der Waals surface area contributed by atoms with E-state index in [1.54, 1.807) is 26.4 Å². The Morgan fingerprint density at radius 3 is 2.27 bits per heavy atom. The van der Waals surface area contributed by atoms with Crippen molar-refractivity contribution in [3.63, 3.8) is 0 Å². The van der Waals surface area contributed by atoms with Gasteiger partial charge in [0.2, 0.25) is 5.95 Å². The quantitative estimate of drug-likeness (QED) is 0.666. The summed E-state index contributed by atoms with van der Waals surface area (Å²) in [4.78, 5) is 26.7. The van der Waals surface area contributed by atoms with Gasteiger partial charge in [-0.3, -0.25) is 4.79 Å². The van der Waals surface area contributed by atoms with Gasteiger partial charge in [0.15, 0.2) is 0 Å². The number of carbonyl (C=O) groups excluding carboxylic acids is 1. The third kappa shape index (κ3) is 3.10. The van der Waals surface area contributed by atoms with E-state index in [4.69, 9.17) is 14.5 Å². The van der Waals surface area contributed by atoms with Gasteiger partial charge in [-0.1, -0.05) is 24.3 Å². The largest absolute Gasteiger partial charge is 0.496 e. The van der Waals surface area contributed by atoms with Gasteiger partial charge in [-0.2, -0.15) is 0 Å². The van der Waals surface area contributed by atoms with Crippen LogP contribution in [0.1, 0.15) is 10.4 Å². The number of nitrogens with zero attached hydrogens (tertiary/aromatic N) is 4. The predicted octanol–water partition coefficient (Wildman–Crippen LogP) is 2.86. The zero-order valence-electron chi connectivity index (χ0n) is 17.1. The number of carbonyl (C=O) groups is 1. The number of rotatable bonds is 4. The fourth-order valence-corrected chi connectivity index (χ4v) is 4.66. The number of anilines is 1. The second kappa shape index (κ2) is 7.48. The third-order valence-corrected chi connectivity index (χ3v) is 6.17. The van der Waals surface area contributed by atoms with Crippen molar-refractivity contribution in [1.29, 1.82) is 0 Å². The molecule has 5 rings (SSSR count). The van der Waals surface area contributed by atoms with Crippen LogP contribution in [0.3, 0.4) is 0 Å². The van der Waals surface area contributed by atoms with E-state index < -0.39 is 0 Å². The van der Waals surface area contributed by atoms with E-state index in [-0.39, 0.29) is 5.91 Å². The highest BCUT2D eigenvalue weighted by Gasteiger charge is 2.43. The minimum Gasteiger partial charge on any atom is -0.496 e. The summed E-state index contributed by atoms with van der Waals surface area (Å²) in [6.45, 7) is 3.15. The molecule has 1 amide bonds. The van der Waals surface area contributed by atoms with Crippen LogP contribution in [-0.2, 0) is 0 Å². The molecular formula is C23H24N4O3. The first-order valence-corrected chi connectivity index (χ1v) is 10.1. The molecule has 2 unspecified atom stereocenters. The lowest BCUT2D eigenvalue weighted by atomic mass is 10.0. The Balaban J connectivity index is 1.32. The first-order chi connectivity index (χ1) is 14.7. The normalized spacial score (nSPS) is 20.5. The summed E-state index contributed by atoms with van der Waals surface area (Å²) >= 11 is 0. The van der Waals surface area contributed by atoms with Crippen LogP contribution in [0.4, 0.5) is 5.95 Å². The Bertz CT molecular complexity index is 1070. The third-order valence-electron chi connectivity index (χ3n) is 6.17. The molecule has 3 aromatic rings. The lowest BCUT2D eigenvalue weighted by Crippen LogP contribution is -2.34. The highest BCUT2D eigenvalue weighted by Crippen LogP contribution is 2.36. The fraction of sp³-hybridized carbons (Fsp3) is 0.348. The van der Waals surface area contributed by atoms with Crippen molar-refractivity contribution < 1.29 is 14.3 Å². The van der Waals surface area contributed by atoms with Gasteiger partial charge in [-0.15, -0.1) is 0 Å². The van der Waals surface area contributed by atoms with Gasteiger partial charge < -0.3 is 19.3 Å². The van der Waals surface area contributed by atoms with Gasteiger partial charge in [0.1, 0.15) is 17.1 Å². The average molecular weight is 404 g/mol. The average Bonchev–Trinajstić information content (AvgIpc) is 3.37. The van der Waals surface area contributed by atoms with E-state index in [9.17, 15) is 4.79 Å². The maximum absolute atomic E-state index is 13.3. The van der Waals surface area contributed by atoms with Gasteiger partial charge in [-0.05, 0) is 18.2 Å². The van der Waals surface area contributed by atoms with Crippen molar-refractivity contribution in [2.75, 3.05) is 45.3 Å². The first-order valence-electron chi connectivity index (χ1n) is 10.1. The number of methoxy groups -OCH3 is 2. The van der Waals surface area contributed by atoms with E-state index in [2.05, 4.69) is 9.88 Å². The molecule has 7 heteroatoms. The maximum Gasteiger partial charge on any atom is 0.261 e. The molecule has 2 saturated heterocycles. The molecule has 2 aliphatic heterocycles. The van der Waals surface area contributed by atoms with Crippen molar-refractivity contribution in [1.82, 2.24) is 14.9 Å². The van der Waals surface area contributed by atoms with Crippen LogP contribution in [0, 0.1) is 11.8 Å². The van der Waals surface area contributed by atoms with E-state index in [1.807, 2.05) is 41.4 Å². The molecule has 3 heterocycles. The van der Waals surface area contributed by atoms with Crippen LogP contribution in [-0.4, -0.2) is 61.2 Å². The molecule has 1 aromatic heterocycles. The lowest BCUT2D eigenvalue weighted by molar-refractivity contribution is 0.0775. The van der Waals surface area contributed by atoms with Crippen LogP contribution in [0.15, 0.2) is 48.7 Å². The monoisotopic (exact) mass is 404 g/mol. The molecule has 2 atom stereocenters. The Hall–Kier alpha value is -3.35. The van der Waals surface area contributed by atoms with Gasteiger partial charge in [0, 0.05) is 49.6 Å². The van der Waals surface area contributed by atoms with Gasteiger partial charge in [-0.25, -0.2) is 9.97 Å². The smallest absolute Gasteiger partial charge is 0.261 e. The number of fused-ring (bicyclic) bond motifs is 2. The molecule has 0 spiro atoms. The summed E-state index contributed by atoms with van der Waals surface area (Å²) < 4.78 is 10.8. The molecule has 7 nitrogen and oxygen atoms in total. The SMILES string of the molecule is COc1cccc(OC)c1C(=O)N1CC2CN(c3ncc4ccccc4n3)CC2C1. The molecule has 154 valence electrons. The van der Waals surface area contributed by atoms with Gasteiger partial charge in [0.25, 0.3) is 5.91 Å². The van der Waals surface area contributed by atoms with E-state index in [0.717, 1.165) is 43.0 Å². The predicted molar refractivity (Wildman–Crippen MR) is 114 cm³/mol. The van der Waals surface area contributed by atoms with Gasteiger partial charge in [0.05, 0.1) is 19.7 Å². The zero-order chi connectivity index (χ0) is 20.7. The molecule has 2 aliphatic rings. The summed E-state index contributed by atoms with van der Waals surface area (Å²) in [6, 6.07) is 13.4. The zero-order valence-corrected chi connectivity index (χ0v) is 17.1.